The molecule has 0 aliphatic carbocycles. The molecule has 5 nitrogen and oxygen atoms in total. The molecule has 0 radical (unpaired) electrons. The highest BCUT2D eigenvalue weighted by atomic mass is 35.5. The molecule has 0 unspecified atom stereocenters. The Morgan fingerprint density at radius 3 is 2.44 bits per heavy atom. The van der Waals surface area contributed by atoms with Crippen molar-refractivity contribution in [2.75, 3.05) is 19.7 Å². The number of benzene rings is 2. The van der Waals surface area contributed by atoms with Crippen LogP contribution in [0.15, 0.2) is 54.6 Å². The Kier molecular flexibility index (Phi) is 6.48. The molecule has 2 atom stereocenters. The first-order valence-corrected chi connectivity index (χ1v) is 9.30. The van der Waals surface area contributed by atoms with Gasteiger partial charge in [0, 0.05) is 24.0 Å². The molecule has 3 rings (SSSR count). The molecule has 1 N–H and O–H groups in total. The molecular formula is C21H22ClNO4. The van der Waals surface area contributed by atoms with E-state index in [4.69, 9.17) is 16.3 Å². The summed E-state index contributed by atoms with van der Waals surface area (Å²) in [7, 11) is 0. The predicted molar refractivity (Wildman–Crippen MR) is 103 cm³/mol. The summed E-state index contributed by atoms with van der Waals surface area (Å²) in [6.07, 6.45) is 0.243. The van der Waals surface area contributed by atoms with Gasteiger partial charge in [0.05, 0.1) is 25.6 Å². The van der Waals surface area contributed by atoms with E-state index in [2.05, 4.69) is 0 Å². The molecule has 0 aromatic heterocycles. The van der Waals surface area contributed by atoms with Crippen LogP contribution in [0, 0.1) is 5.92 Å². The first-order chi connectivity index (χ1) is 13.0. The van der Waals surface area contributed by atoms with Gasteiger partial charge in [-0.2, -0.15) is 0 Å². The molecule has 1 amide bonds. The van der Waals surface area contributed by atoms with Crippen LogP contribution in [0.2, 0.25) is 5.02 Å². The van der Waals surface area contributed by atoms with Gasteiger partial charge in [-0.25, -0.2) is 0 Å². The second-order valence-corrected chi connectivity index (χ2v) is 7.13. The van der Waals surface area contributed by atoms with E-state index in [1.165, 1.54) is 0 Å². The summed E-state index contributed by atoms with van der Waals surface area (Å²) in [5, 5.41) is 10.2. The van der Waals surface area contributed by atoms with E-state index in [9.17, 15) is 14.7 Å². The number of ether oxygens (including phenoxy) is 1. The number of halogens is 1. The molecule has 1 fully saturated rings. The first kappa shape index (κ1) is 19.4. The SMILES string of the molecule is O=C(O)[C@@H]1CN(C(=O)CCOCc2ccccc2)C[C@H]1c1ccc(Cl)cc1. The summed E-state index contributed by atoms with van der Waals surface area (Å²) < 4.78 is 5.57. The van der Waals surface area contributed by atoms with Gasteiger partial charge in [-0.15, -0.1) is 0 Å². The number of rotatable bonds is 7. The van der Waals surface area contributed by atoms with Gasteiger partial charge in [-0.1, -0.05) is 54.1 Å². The Morgan fingerprint density at radius 1 is 1.07 bits per heavy atom. The van der Waals surface area contributed by atoms with Crippen molar-refractivity contribution in [1.29, 1.82) is 0 Å². The molecule has 27 heavy (non-hydrogen) atoms. The van der Waals surface area contributed by atoms with Crippen molar-refractivity contribution in [3.05, 3.63) is 70.7 Å². The summed E-state index contributed by atoms with van der Waals surface area (Å²) in [5.41, 5.74) is 1.95. The van der Waals surface area contributed by atoms with Crippen LogP contribution in [0.1, 0.15) is 23.5 Å². The van der Waals surface area contributed by atoms with Gasteiger partial charge < -0.3 is 14.7 Å². The zero-order valence-electron chi connectivity index (χ0n) is 14.9. The van der Waals surface area contributed by atoms with Crippen LogP contribution in [0.5, 0.6) is 0 Å². The Balaban J connectivity index is 1.54. The van der Waals surface area contributed by atoms with E-state index in [1.54, 1.807) is 17.0 Å². The van der Waals surface area contributed by atoms with E-state index in [0.29, 0.717) is 24.8 Å². The van der Waals surface area contributed by atoms with Gasteiger partial charge >= 0.3 is 5.97 Å². The lowest BCUT2D eigenvalue weighted by Crippen LogP contribution is -2.30. The Morgan fingerprint density at radius 2 is 1.78 bits per heavy atom. The molecule has 0 bridgehead atoms. The highest BCUT2D eigenvalue weighted by Gasteiger charge is 2.40. The van der Waals surface area contributed by atoms with Gasteiger partial charge in [0.25, 0.3) is 0 Å². The van der Waals surface area contributed by atoms with Crippen molar-refractivity contribution in [3.63, 3.8) is 0 Å². The number of likely N-dealkylation sites (tertiary alicyclic amines) is 1. The Hall–Kier alpha value is -2.37. The molecule has 1 aliphatic rings. The van der Waals surface area contributed by atoms with Crippen LogP contribution < -0.4 is 0 Å². The zero-order chi connectivity index (χ0) is 19.2. The molecule has 1 heterocycles. The number of amides is 1. The van der Waals surface area contributed by atoms with Crippen molar-refractivity contribution >= 4 is 23.5 Å². The number of aliphatic carboxylic acids is 1. The zero-order valence-corrected chi connectivity index (χ0v) is 15.6. The molecular weight excluding hydrogens is 366 g/mol. The van der Waals surface area contributed by atoms with Gasteiger partial charge in [-0.3, -0.25) is 9.59 Å². The van der Waals surface area contributed by atoms with Crippen molar-refractivity contribution in [3.8, 4) is 0 Å². The Bertz CT molecular complexity index is 779. The lowest BCUT2D eigenvalue weighted by molar-refractivity contribution is -0.141. The number of carboxylic acid groups (broad SMARTS) is 1. The summed E-state index contributed by atoms with van der Waals surface area (Å²) in [6.45, 7) is 1.39. The lowest BCUT2D eigenvalue weighted by atomic mass is 9.89. The van der Waals surface area contributed by atoms with Gasteiger partial charge in [0.2, 0.25) is 5.91 Å². The van der Waals surface area contributed by atoms with E-state index >= 15 is 0 Å². The fourth-order valence-electron chi connectivity index (χ4n) is 3.39. The van der Waals surface area contributed by atoms with Crippen molar-refractivity contribution in [2.24, 2.45) is 5.92 Å². The fourth-order valence-corrected chi connectivity index (χ4v) is 3.51. The minimum Gasteiger partial charge on any atom is -0.481 e. The lowest BCUT2D eigenvalue weighted by Gasteiger charge is -2.16. The number of nitrogens with zero attached hydrogens (tertiary/aromatic N) is 1. The minimum atomic E-state index is -0.884. The molecule has 1 aliphatic heterocycles. The monoisotopic (exact) mass is 387 g/mol. The minimum absolute atomic E-state index is 0.0780. The number of carbonyl (C=O) groups excluding carboxylic acids is 1. The highest BCUT2D eigenvalue weighted by molar-refractivity contribution is 6.30. The summed E-state index contributed by atoms with van der Waals surface area (Å²) in [6, 6.07) is 16.9. The first-order valence-electron chi connectivity index (χ1n) is 8.92. The second kappa shape index (κ2) is 9.02. The number of carbonyl (C=O) groups is 2. The molecule has 142 valence electrons. The molecule has 2 aromatic rings. The molecule has 1 saturated heterocycles. The molecule has 0 saturated carbocycles. The largest absolute Gasteiger partial charge is 0.481 e. The van der Waals surface area contributed by atoms with Gasteiger partial charge in [0.15, 0.2) is 0 Å². The van der Waals surface area contributed by atoms with Crippen molar-refractivity contribution in [2.45, 2.75) is 18.9 Å². The van der Waals surface area contributed by atoms with Gasteiger partial charge in [-0.05, 0) is 23.3 Å². The van der Waals surface area contributed by atoms with Crippen molar-refractivity contribution < 1.29 is 19.4 Å². The maximum absolute atomic E-state index is 12.5. The maximum Gasteiger partial charge on any atom is 0.308 e. The smallest absolute Gasteiger partial charge is 0.308 e. The van der Waals surface area contributed by atoms with Crippen LogP contribution in [-0.4, -0.2) is 41.6 Å². The number of hydrogen-bond acceptors (Lipinski definition) is 3. The second-order valence-electron chi connectivity index (χ2n) is 6.69. The quantitative estimate of drug-likeness (QED) is 0.737. The molecule has 2 aromatic carbocycles. The summed E-state index contributed by atoms with van der Waals surface area (Å²) in [4.78, 5) is 25.8. The third kappa shape index (κ3) is 5.08. The van der Waals surface area contributed by atoms with Crippen LogP contribution in [0.25, 0.3) is 0 Å². The summed E-state index contributed by atoms with van der Waals surface area (Å²) >= 11 is 5.92. The molecule has 0 spiro atoms. The Labute approximate surface area is 163 Å². The summed E-state index contributed by atoms with van der Waals surface area (Å²) in [5.74, 6) is -1.80. The van der Waals surface area contributed by atoms with Crippen molar-refractivity contribution in [1.82, 2.24) is 4.90 Å². The van der Waals surface area contributed by atoms with Crippen LogP contribution in [-0.2, 0) is 20.9 Å². The van der Waals surface area contributed by atoms with E-state index in [-0.39, 0.29) is 24.8 Å². The normalized spacial score (nSPS) is 19.2. The number of carboxylic acids is 1. The average molecular weight is 388 g/mol. The van der Waals surface area contributed by atoms with E-state index in [0.717, 1.165) is 11.1 Å². The maximum atomic E-state index is 12.5. The predicted octanol–water partition coefficient (Wildman–Crippen LogP) is 3.57. The van der Waals surface area contributed by atoms with Crippen LogP contribution >= 0.6 is 11.6 Å². The van der Waals surface area contributed by atoms with Crippen LogP contribution in [0.4, 0.5) is 0 Å². The fraction of sp³-hybridized carbons (Fsp3) is 0.333. The van der Waals surface area contributed by atoms with Gasteiger partial charge in [0.1, 0.15) is 0 Å². The topological polar surface area (TPSA) is 66.8 Å². The average Bonchev–Trinajstić information content (AvgIpc) is 3.12. The van der Waals surface area contributed by atoms with Crippen LogP contribution in [0.3, 0.4) is 0 Å². The van der Waals surface area contributed by atoms with E-state index in [1.807, 2.05) is 42.5 Å². The third-order valence-corrected chi connectivity index (χ3v) is 5.11. The highest BCUT2D eigenvalue weighted by Crippen LogP contribution is 2.33. The molecule has 6 heteroatoms. The third-order valence-electron chi connectivity index (χ3n) is 4.86. The van der Waals surface area contributed by atoms with E-state index < -0.39 is 11.9 Å². The number of hydrogen-bond donors (Lipinski definition) is 1. The standard InChI is InChI=1S/C21H22ClNO4/c22-17-8-6-16(7-9-17)18-12-23(13-19(18)21(25)26)20(24)10-11-27-14-15-4-2-1-3-5-15/h1-9,18-19H,10-14H2,(H,25,26)/t18-,19+/m0/s1.